The van der Waals surface area contributed by atoms with Gasteiger partial charge in [-0.05, 0) is 18.2 Å². The van der Waals surface area contributed by atoms with E-state index < -0.39 is 17.0 Å². The van der Waals surface area contributed by atoms with Crippen LogP contribution in [0, 0.1) is 0 Å². The highest BCUT2D eigenvalue weighted by molar-refractivity contribution is 6.31. The van der Waals surface area contributed by atoms with Gasteiger partial charge in [-0.2, -0.15) is 0 Å². The van der Waals surface area contributed by atoms with E-state index in [4.69, 9.17) is 17.3 Å². The average molecular weight is 294 g/mol. The lowest BCUT2D eigenvalue weighted by Crippen LogP contribution is -2.39. The molecule has 0 saturated heterocycles. The Hall–Kier alpha value is -2.34. The molecule has 20 heavy (non-hydrogen) atoms. The molecule has 0 unspecified atom stereocenters. The quantitative estimate of drug-likeness (QED) is 0.647. The molecule has 0 spiro atoms. The van der Waals surface area contributed by atoms with Crippen LogP contribution in [0.15, 0.2) is 34.0 Å². The van der Waals surface area contributed by atoms with Crippen molar-refractivity contribution in [3.05, 3.63) is 61.4 Å². The lowest BCUT2D eigenvalue weighted by Gasteiger charge is -2.07. The number of carbonyl (C=O) groups is 1. The zero-order valence-corrected chi connectivity index (χ0v) is 11.6. The number of carbonyl (C=O) groups excluding carboxylic acids is 1. The molecular weight excluding hydrogens is 282 g/mol. The summed E-state index contributed by atoms with van der Waals surface area (Å²) in [5, 5.41) is 0.301. The minimum atomic E-state index is -0.656. The van der Waals surface area contributed by atoms with E-state index >= 15 is 0 Å². The third-order valence-corrected chi connectivity index (χ3v) is 3.09. The smallest absolute Gasteiger partial charge is 0.330 e. The molecule has 2 N–H and O–H groups in total. The Bertz CT molecular complexity index is 800. The van der Waals surface area contributed by atoms with Crippen molar-refractivity contribution in [1.29, 1.82) is 0 Å². The van der Waals surface area contributed by atoms with Crippen molar-refractivity contribution >= 4 is 23.1 Å². The highest BCUT2D eigenvalue weighted by Crippen LogP contribution is 2.18. The maximum atomic E-state index is 12.3. The molecule has 0 aliphatic carbocycles. The van der Waals surface area contributed by atoms with Gasteiger partial charge in [-0.15, -0.1) is 0 Å². The second-order valence-electron chi connectivity index (χ2n) is 4.40. The molecule has 0 fully saturated rings. The van der Waals surface area contributed by atoms with Crippen LogP contribution in [-0.2, 0) is 14.1 Å². The van der Waals surface area contributed by atoms with Gasteiger partial charge >= 0.3 is 5.69 Å². The van der Waals surface area contributed by atoms with Gasteiger partial charge < -0.3 is 10.3 Å². The Morgan fingerprint density at radius 1 is 1.20 bits per heavy atom. The van der Waals surface area contributed by atoms with Crippen molar-refractivity contribution < 1.29 is 4.79 Å². The number of hydrogen-bond acceptors (Lipinski definition) is 4. The summed E-state index contributed by atoms with van der Waals surface area (Å²) in [5.41, 5.74) is 4.87. The molecule has 0 radical (unpaired) electrons. The standard InChI is InChI=1S/C13H12ClN3O3/c1-16-6-10(12(19)17(2)13(16)20)11(18)7-3-8(14)5-9(15)4-7/h3-6H,15H2,1-2H3. The van der Waals surface area contributed by atoms with Gasteiger partial charge in [0.25, 0.3) is 5.56 Å². The summed E-state index contributed by atoms with van der Waals surface area (Å²) >= 11 is 5.84. The summed E-state index contributed by atoms with van der Waals surface area (Å²) in [4.78, 5) is 35.9. The first kappa shape index (κ1) is 14.1. The predicted octanol–water partition coefficient (Wildman–Crippen LogP) is 0.551. The maximum Gasteiger partial charge on any atom is 0.330 e. The highest BCUT2D eigenvalue weighted by atomic mass is 35.5. The number of anilines is 1. The van der Waals surface area contributed by atoms with Gasteiger partial charge in [0.2, 0.25) is 0 Å². The zero-order chi connectivity index (χ0) is 15.0. The fourth-order valence-electron chi connectivity index (χ4n) is 1.86. The Labute approximate surface area is 119 Å². The van der Waals surface area contributed by atoms with Crippen LogP contribution in [-0.4, -0.2) is 14.9 Å². The van der Waals surface area contributed by atoms with Crippen molar-refractivity contribution in [1.82, 2.24) is 9.13 Å². The van der Waals surface area contributed by atoms with Gasteiger partial charge in [0.05, 0.1) is 0 Å². The zero-order valence-electron chi connectivity index (χ0n) is 10.9. The summed E-state index contributed by atoms with van der Waals surface area (Å²) < 4.78 is 2.05. The van der Waals surface area contributed by atoms with E-state index in [1.165, 1.54) is 43.1 Å². The number of halogens is 1. The van der Waals surface area contributed by atoms with Gasteiger partial charge in [-0.3, -0.25) is 14.2 Å². The van der Waals surface area contributed by atoms with Crippen LogP contribution in [0.3, 0.4) is 0 Å². The number of hydrogen-bond donors (Lipinski definition) is 1. The van der Waals surface area contributed by atoms with E-state index in [1.54, 1.807) is 0 Å². The molecule has 0 atom stereocenters. The Balaban J connectivity index is 2.66. The molecule has 1 aromatic carbocycles. The van der Waals surface area contributed by atoms with Crippen LogP contribution >= 0.6 is 11.6 Å². The van der Waals surface area contributed by atoms with Crippen LogP contribution in [0.25, 0.3) is 0 Å². The molecule has 1 aromatic heterocycles. The lowest BCUT2D eigenvalue weighted by atomic mass is 10.1. The number of rotatable bonds is 2. The van der Waals surface area contributed by atoms with Gasteiger partial charge in [0.1, 0.15) is 5.56 Å². The first-order chi connectivity index (χ1) is 9.31. The first-order valence-electron chi connectivity index (χ1n) is 5.68. The molecule has 0 aliphatic heterocycles. The Morgan fingerprint density at radius 2 is 1.85 bits per heavy atom. The fourth-order valence-corrected chi connectivity index (χ4v) is 2.11. The fraction of sp³-hybridized carbons (Fsp3) is 0.154. The summed E-state index contributed by atoms with van der Waals surface area (Å²) in [5.74, 6) is -0.532. The lowest BCUT2D eigenvalue weighted by molar-refractivity contribution is 0.103. The van der Waals surface area contributed by atoms with Gasteiger partial charge in [-0.1, -0.05) is 11.6 Å². The molecule has 0 bridgehead atoms. The minimum Gasteiger partial charge on any atom is -0.399 e. The highest BCUT2D eigenvalue weighted by Gasteiger charge is 2.17. The Kier molecular flexibility index (Phi) is 3.50. The number of nitrogens with two attached hydrogens (primary N) is 1. The maximum absolute atomic E-state index is 12.3. The molecule has 104 valence electrons. The third kappa shape index (κ3) is 2.37. The van der Waals surface area contributed by atoms with Gasteiger partial charge in [-0.25, -0.2) is 4.79 Å². The van der Waals surface area contributed by atoms with Crippen molar-refractivity contribution in [2.45, 2.75) is 0 Å². The van der Waals surface area contributed by atoms with E-state index in [0.29, 0.717) is 10.7 Å². The van der Waals surface area contributed by atoms with Gasteiger partial charge in [0.15, 0.2) is 5.78 Å². The molecule has 2 rings (SSSR count). The van der Waals surface area contributed by atoms with Gasteiger partial charge in [0, 0.05) is 36.6 Å². The van der Waals surface area contributed by atoms with Crippen molar-refractivity contribution in [3.8, 4) is 0 Å². The van der Waals surface area contributed by atoms with E-state index in [9.17, 15) is 14.4 Å². The van der Waals surface area contributed by atoms with Crippen LogP contribution in [0.2, 0.25) is 5.02 Å². The van der Waals surface area contributed by atoms with Crippen LogP contribution in [0.5, 0.6) is 0 Å². The monoisotopic (exact) mass is 293 g/mol. The van der Waals surface area contributed by atoms with Crippen molar-refractivity contribution in [2.24, 2.45) is 14.1 Å². The second-order valence-corrected chi connectivity index (χ2v) is 4.84. The molecule has 0 saturated carbocycles. The number of aryl methyl sites for hydroxylation is 1. The largest absolute Gasteiger partial charge is 0.399 e. The number of nitrogens with zero attached hydrogens (tertiary/aromatic N) is 2. The van der Waals surface area contributed by atoms with E-state index in [2.05, 4.69) is 0 Å². The Morgan fingerprint density at radius 3 is 2.45 bits per heavy atom. The molecular formula is C13H12ClN3O3. The van der Waals surface area contributed by atoms with Crippen molar-refractivity contribution in [2.75, 3.05) is 5.73 Å². The predicted molar refractivity (Wildman–Crippen MR) is 76.2 cm³/mol. The normalized spacial score (nSPS) is 10.6. The van der Waals surface area contributed by atoms with E-state index in [1.807, 2.05) is 0 Å². The molecule has 2 aromatic rings. The summed E-state index contributed by atoms with van der Waals surface area (Å²) in [6.45, 7) is 0. The number of ketones is 1. The molecule has 6 nitrogen and oxygen atoms in total. The van der Waals surface area contributed by atoms with Crippen LogP contribution < -0.4 is 17.0 Å². The summed E-state index contributed by atoms with van der Waals surface area (Å²) in [7, 11) is 2.78. The summed E-state index contributed by atoms with van der Waals surface area (Å²) in [6, 6.07) is 4.35. The molecule has 0 amide bonds. The van der Waals surface area contributed by atoms with Crippen molar-refractivity contribution in [3.63, 3.8) is 0 Å². The SMILES string of the molecule is Cn1cc(C(=O)c2cc(N)cc(Cl)c2)c(=O)n(C)c1=O. The average Bonchev–Trinajstić information content (AvgIpc) is 2.38. The topological polar surface area (TPSA) is 87.1 Å². The number of benzene rings is 1. The third-order valence-electron chi connectivity index (χ3n) is 2.87. The first-order valence-corrected chi connectivity index (χ1v) is 6.06. The number of nitrogen functional groups attached to an aromatic ring is 1. The van der Waals surface area contributed by atoms with E-state index in [-0.39, 0.29) is 11.1 Å². The van der Waals surface area contributed by atoms with E-state index in [0.717, 1.165) is 4.57 Å². The molecule has 7 heteroatoms. The number of aromatic nitrogens is 2. The summed E-state index contributed by atoms with van der Waals surface area (Å²) in [6.07, 6.45) is 1.21. The molecule has 1 heterocycles. The minimum absolute atomic E-state index is 0.115. The van der Waals surface area contributed by atoms with Crippen LogP contribution in [0.1, 0.15) is 15.9 Å². The molecule has 0 aliphatic rings. The second kappa shape index (κ2) is 4.97. The van der Waals surface area contributed by atoms with Crippen LogP contribution in [0.4, 0.5) is 5.69 Å².